The average molecular weight is 368 g/mol. The smallest absolute Gasteiger partial charge is 0.407 e. The van der Waals surface area contributed by atoms with Crippen LogP contribution < -0.4 is 10.6 Å². The largest absolute Gasteiger partial charge is 0.469 e. The van der Waals surface area contributed by atoms with Crippen LogP contribution in [0.3, 0.4) is 0 Å². The molecular weight excluding hydrogens is 347 g/mol. The van der Waals surface area contributed by atoms with Crippen LogP contribution in [0.4, 0.5) is 9.18 Å². The van der Waals surface area contributed by atoms with E-state index in [0.717, 1.165) is 12.7 Å². The topological polar surface area (TPSA) is 111 Å². The number of ketones is 1. The molecule has 1 aromatic rings. The lowest BCUT2D eigenvalue weighted by Crippen LogP contribution is -2.44. The Morgan fingerprint density at radius 3 is 2.46 bits per heavy atom. The van der Waals surface area contributed by atoms with Crippen LogP contribution >= 0.6 is 0 Å². The van der Waals surface area contributed by atoms with Gasteiger partial charge in [-0.2, -0.15) is 0 Å². The van der Waals surface area contributed by atoms with Gasteiger partial charge in [0.15, 0.2) is 5.78 Å². The second-order valence-corrected chi connectivity index (χ2v) is 5.24. The number of carbonyl (C=O) groups excluding carboxylic acids is 4. The maximum atomic E-state index is 12.5. The van der Waals surface area contributed by atoms with Gasteiger partial charge in [-0.25, -0.2) is 9.18 Å². The third-order valence-electron chi connectivity index (χ3n) is 3.29. The number of rotatable bonds is 10. The maximum absolute atomic E-state index is 12.5. The Morgan fingerprint density at radius 2 is 1.85 bits per heavy atom. The number of alkyl halides is 1. The summed E-state index contributed by atoms with van der Waals surface area (Å²) in [5.41, 5.74) is 0.816. The first-order valence-corrected chi connectivity index (χ1v) is 7.85. The van der Waals surface area contributed by atoms with E-state index in [9.17, 15) is 23.6 Å². The van der Waals surface area contributed by atoms with Crippen molar-refractivity contribution in [2.75, 3.05) is 20.3 Å². The van der Waals surface area contributed by atoms with Gasteiger partial charge in [-0.1, -0.05) is 30.3 Å². The van der Waals surface area contributed by atoms with Gasteiger partial charge in [0, 0.05) is 13.0 Å². The quantitative estimate of drug-likeness (QED) is 0.594. The van der Waals surface area contributed by atoms with Gasteiger partial charge in [-0.15, -0.1) is 0 Å². The van der Waals surface area contributed by atoms with Crippen molar-refractivity contribution in [2.24, 2.45) is 0 Å². The summed E-state index contributed by atoms with van der Waals surface area (Å²) < 4.78 is 21.9. The Kier molecular flexibility index (Phi) is 9.37. The van der Waals surface area contributed by atoms with E-state index in [4.69, 9.17) is 4.74 Å². The van der Waals surface area contributed by atoms with Gasteiger partial charge in [0.2, 0.25) is 5.91 Å². The molecule has 26 heavy (non-hydrogen) atoms. The predicted molar refractivity (Wildman–Crippen MR) is 88.8 cm³/mol. The molecule has 0 heterocycles. The molecule has 0 aliphatic heterocycles. The molecule has 0 aliphatic rings. The summed E-state index contributed by atoms with van der Waals surface area (Å²) in [6, 6.07) is 7.75. The second-order valence-electron chi connectivity index (χ2n) is 5.24. The SMILES string of the molecule is COC(=O)CC(NC(=O)CCNC(=O)OCc1ccccc1)C(=O)CF. The minimum atomic E-state index is -1.31. The summed E-state index contributed by atoms with van der Waals surface area (Å²) in [5, 5.41) is 4.62. The third-order valence-corrected chi connectivity index (χ3v) is 3.29. The van der Waals surface area contributed by atoms with E-state index in [2.05, 4.69) is 15.4 Å². The highest BCUT2D eigenvalue weighted by molar-refractivity contribution is 5.92. The highest BCUT2D eigenvalue weighted by Crippen LogP contribution is 2.01. The molecule has 0 aromatic heterocycles. The Hall–Kier alpha value is -2.97. The minimum Gasteiger partial charge on any atom is -0.469 e. The van der Waals surface area contributed by atoms with E-state index in [1.807, 2.05) is 18.2 Å². The summed E-state index contributed by atoms with van der Waals surface area (Å²) in [4.78, 5) is 45.9. The molecule has 0 radical (unpaired) electrons. The van der Waals surface area contributed by atoms with Crippen LogP contribution in [0.1, 0.15) is 18.4 Å². The van der Waals surface area contributed by atoms with Crippen LogP contribution in [-0.4, -0.2) is 50.1 Å². The number of amides is 2. The van der Waals surface area contributed by atoms with Crippen molar-refractivity contribution in [2.45, 2.75) is 25.5 Å². The monoisotopic (exact) mass is 368 g/mol. The van der Waals surface area contributed by atoms with Gasteiger partial charge in [0.25, 0.3) is 0 Å². The fourth-order valence-corrected chi connectivity index (χ4v) is 1.91. The van der Waals surface area contributed by atoms with Crippen molar-refractivity contribution in [3.8, 4) is 0 Å². The number of Topliss-reactive ketones (excluding diaryl/α,β-unsaturated/α-hetero) is 1. The van der Waals surface area contributed by atoms with Crippen LogP contribution in [-0.2, 0) is 30.5 Å². The lowest BCUT2D eigenvalue weighted by atomic mass is 10.1. The van der Waals surface area contributed by atoms with E-state index < -0.39 is 42.9 Å². The van der Waals surface area contributed by atoms with Crippen molar-refractivity contribution in [1.29, 1.82) is 0 Å². The summed E-state index contributed by atoms with van der Waals surface area (Å²) in [5.74, 6) is -2.30. The highest BCUT2D eigenvalue weighted by atomic mass is 19.1. The van der Waals surface area contributed by atoms with Gasteiger partial charge >= 0.3 is 12.1 Å². The van der Waals surface area contributed by atoms with Gasteiger partial charge < -0.3 is 20.1 Å². The predicted octanol–water partition coefficient (Wildman–Crippen LogP) is 0.889. The van der Waals surface area contributed by atoms with Crippen LogP contribution in [0.5, 0.6) is 0 Å². The molecule has 0 aliphatic carbocycles. The normalized spacial score (nSPS) is 11.2. The van der Waals surface area contributed by atoms with Crippen molar-refractivity contribution in [3.05, 3.63) is 35.9 Å². The van der Waals surface area contributed by atoms with Crippen LogP contribution in [0.15, 0.2) is 30.3 Å². The second kappa shape index (κ2) is 11.6. The number of nitrogens with one attached hydrogen (secondary N) is 2. The Bertz CT molecular complexity index is 623. The maximum Gasteiger partial charge on any atom is 0.407 e. The van der Waals surface area contributed by atoms with E-state index >= 15 is 0 Å². The molecule has 0 bridgehead atoms. The number of alkyl carbamates (subject to hydrolysis) is 1. The van der Waals surface area contributed by atoms with Crippen molar-refractivity contribution < 1.29 is 33.0 Å². The molecule has 8 nitrogen and oxygen atoms in total. The van der Waals surface area contributed by atoms with Gasteiger partial charge in [-0.3, -0.25) is 14.4 Å². The number of halogens is 1. The molecular formula is C17H21FN2O6. The molecule has 1 atom stereocenters. The standard InChI is InChI=1S/C17H21FN2O6/c1-25-16(23)9-13(14(21)10-18)20-15(22)7-8-19-17(24)26-11-12-5-3-2-4-6-12/h2-6,13H,7-11H2,1H3,(H,19,24)(H,20,22). The molecule has 1 rings (SSSR count). The number of hydrogen-bond acceptors (Lipinski definition) is 6. The van der Waals surface area contributed by atoms with E-state index in [1.54, 1.807) is 12.1 Å². The molecule has 0 fully saturated rings. The summed E-state index contributed by atoms with van der Waals surface area (Å²) >= 11 is 0. The molecule has 0 spiro atoms. The van der Waals surface area contributed by atoms with Gasteiger partial charge in [0.1, 0.15) is 19.3 Å². The zero-order chi connectivity index (χ0) is 19.4. The molecule has 1 aromatic carbocycles. The molecule has 1 unspecified atom stereocenters. The first kappa shape index (κ1) is 21.1. The van der Waals surface area contributed by atoms with Crippen LogP contribution in [0, 0.1) is 0 Å². The number of carbonyl (C=O) groups is 4. The fourth-order valence-electron chi connectivity index (χ4n) is 1.91. The molecule has 0 saturated heterocycles. The van der Waals surface area contributed by atoms with Crippen molar-refractivity contribution >= 4 is 23.8 Å². The van der Waals surface area contributed by atoms with Crippen molar-refractivity contribution in [1.82, 2.24) is 10.6 Å². The summed E-state index contributed by atoms with van der Waals surface area (Å²) in [6.45, 7) is -1.27. The summed E-state index contributed by atoms with van der Waals surface area (Å²) in [7, 11) is 1.12. The van der Waals surface area contributed by atoms with Gasteiger partial charge in [0.05, 0.1) is 13.5 Å². The number of hydrogen-bond donors (Lipinski definition) is 2. The molecule has 9 heteroatoms. The zero-order valence-electron chi connectivity index (χ0n) is 14.3. The first-order valence-electron chi connectivity index (χ1n) is 7.85. The van der Waals surface area contributed by atoms with E-state index in [1.165, 1.54) is 0 Å². The van der Waals surface area contributed by atoms with E-state index in [0.29, 0.717) is 0 Å². The lowest BCUT2D eigenvalue weighted by molar-refractivity contribution is -0.143. The lowest BCUT2D eigenvalue weighted by Gasteiger charge is -2.15. The van der Waals surface area contributed by atoms with Crippen LogP contribution in [0.25, 0.3) is 0 Å². The Balaban J connectivity index is 2.31. The highest BCUT2D eigenvalue weighted by Gasteiger charge is 2.23. The summed E-state index contributed by atoms with van der Waals surface area (Å²) in [6.07, 6.45) is -1.33. The number of methoxy groups -OCH3 is 1. The molecule has 2 N–H and O–H groups in total. The Morgan fingerprint density at radius 1 is 1.15 bits per heavy atom. The number of ether oxygens (including phenoxy) is 2. The molecule has 0 saturated carbocycles. The van der Waals surface area contributed by atoms with Crippen molar-refractivity contribution in [3.63, 3.8) is 0 Å². The number of benzene rings is 1. The van der Waals surface area contributed by atoms with Gasteiger partial charge in [-0.05, 0) is 5.56 Å². The average Bonchev–Trinajstić information content (AvgIpc) is 2.65. The van der Waals surface area contributed by atoms with E-state index in [-0.39, 0.29) is 19.6 Å². The minimum absolute atomic E-state index is 0.0474. The number of esters is 1. The first-order chi connectivity index (χ1) is 12.5. The fraction of sp³-hybridized carbons (Fsp3) is 0.412. The Labute approximate surface area is 150 Å². The third kappa shape index (κ3) is 8.22. The molecule has 2 amide bonds. The molecule has 142 valence electrons. The zero-order valence-corrected chi connectivity index (χ0v) is 14.3. The van der Waals surface area contributed by atoms with Crippen LogP contribution in [0.2, 0.25) is 0 Å².